The summed E-state index contributed by atoms with van der Waals surface area (Å²) in [5, 5.41) is 0. The number of hydrogen-bond donors (Lipinski definition) is 0. The Kier molecular flexibility index (Phi) is 3.14. The number of aliphatic imine (C=N–C) groups is 1. The summed E-state index contributed by atoms with van der Waals surface area (Å²) >= 11 is 3.28. The minimum absolute atomic E-state index is 0.174. The standard InChI is InChI=1S/C8H7BrN2O/c1-6(11-5-12)7-2-8(9)4-10-3-7/h2-4,6H,1H3. The van der Waals surface area contributed by atoms with Gasteiger partial charge in [0.05, 0.1) is 6.04 Å². The maximum Gasteiger partial charge on any atom is 0.235 e. The molecular formula is C8H7BrN2O. The highest BCUT2D eigenvalue weighted by Crippen LogP contribution is 2.18. The van der Waals surface area contributed by atoms with Crippen LogP contribution in [-0.4, -0.2) is 11.1 Å². The van der Waals surface area contributed by atoms with Crippen LogP contribution in [0.4, 0.5) is 0 Å². The van der Waals surface area contributed by atoms with E-state index in [1.54, 1.807) is 12.4 Å². The number of aromatic nitrogens is 1. The smallest absolute Gasteiger partial charge is 0.235 e. The van der Waals surface area contributed by atoms with E-state index in [-0.39, 0.29) is 6.04 Å². The molecule has 1 aromatic heterocycles. The molecule has 0 fully saturated rings. The number of pyridine rings is 1. The number of carbonyl (C=O) groups excluding carboxylic acids is 1. The van der Waals surface area contributed by atoms with Crippen molar-refractivity contribution in [1.29, 1.82) is 0 Å². The zero-order valence-electron chi connectivity index (χ0n) is 6.49. The molecule has 0 aromatic carbocycles. The predicted molar refractivity (Wildman–Crippen MR) is 48.5 cm³/mol. The van der Waals surface area contributed by atoms with Gasteiger partial charge in [-0.2, -0.15) is 4.99 Å². The van der Waals surface area contributed by atoms with Crippen LogP contribution in [-0.2, 0) is 4.79 Å². The minimum atomic E-state index is -0.174. The van der Waals surface area contributed by atoms with E-state index in [2.05, 4.69) is 25.9 Å². The summed E-state index contributed by atoms with van der Waals surface area (Å²) in [5.41, 5.74) is 0.896. The van der Waals surface area contributed by atoms with Gasteiger partial charge in [0.25, 0.3) is 0 Å². The normalized spacial score (nSPS) is 11.8. The minimum Gasteiger partial charge on any atom is -0.263 e. The zero-order chi connectivity index (χ0) is 8.97. The van der Waals surface area contributed by atoms with E-state index >= 15 is 0 Å². The molecule has 0 radical (unpaired) electrons. The third-order valence-electron chi connectivity index (χ3n) is 1.45. The van der Waals surface area contributed by atoms with Crippen molar-refractivity contribution in [2.75, 3.05) is 0 Å². The Labute approximate surface area is 78.7 Å². The van der Waals surface area contributed by atoms with Gasteiger partial charge in [-0.25, -0.2) is 4.79 Å². The summed E-state index contributed by atoms with van der Waals surface area (Å²) in [6, 6.07) is 1.70. The van der Waals surface area contributed by atoms with E-state index in [0.29, 0.717) is 0 Å². The Bertz CT molecular complexity index is 321. The third-order valence-corrected chi connectivity index (χ3v) is 1.89. The van der Waals surface area contributed by atoms with Crippen LogP contribution in [0, 0.1) is 0 Å². The molecule has 0 spiro atoms. The lowest BCUT2D eigenvalue weighted by Gasteiger charge is -2.02. The summed E-state index contributed by atoms with van der Waals surface area (Å²) < 4.78 is 0.882. The number of nitrogens with zero attached hydrogens (tertiary/aromatic N) is 2. The van der Waals surface area contributed by atoms with Crippen molar-refractivity contribution in [3.05, 3.63) is 28.5 Å². The molecule has 1 heterocycles. The molecular weight excluding hydrogens is 220 g/mol. The van der Waals surface area contributed by atoms with E-state index in [1.165, 1.54) is 6.08 Å². The van der Waals surface area contributed by atoms with E-state index in [0.717, 1.165) is 10.0 Å². The van der Waals surface area contributed by atoms with Crippen LogP contribution in [0.5, 0.6) is 0 Å². The highest BCUT2D eigenvalue weighted by Gasteiger charge is 2.02. The molecule has 0 aliphatic rings. The van der Waals surface area contributed by atoms with Crippen molar-refractivity contribution in [3.8, 4) is 0 Å². The van der Waals surface area contributed by atoms with Crippen LogP contribution in [0.3, 0.4) is 0 Å². The van der Waals surface area contributed by atoms with E-state index in [1.807, 2.05) is 13.0 Å². The van der Waals surface area contributed by atoms with Crippen molar-refractivity contribution in [1.82, 2.24) is 4.98 Å². The lowest BCUT2D eigenvalue weighted by molar-refractivity contribution is 0.559. The highest BCUT2D eigenvalue weighted by molar-refractivity contribution is 9.10. The van der Waals surface area contributed by atoms with Gasteiger partial charge in [0, 0.05) is 16.9 Å². The first-order valence-electron chi connectivity index (χ1n) is 3.41. The second-order valence-corrected chi connectivity index (χ2v) is 3.25. The Morgan fingerprint density at radius 1 is 1.67 bits per heavy atom. The summed E-state index contributed by atoms with van der Waals surface area (Å²) in [6.07, 6.45) is 4.88. The molecule has 1 rings (SSSR count). The second-order valence-electron chi connectivity index (χ2n) is 2.33. The summed E-state index contributed by atoms with van der Waals surface area (Å²) in [6.45, 7) is 1.81. The summed E-state index contributed by atoms with van der Waals surface area (Å²) in [5.74, 6) is 0. The molecule has 1 aromatic rings. The van der Waals surface area contributed by atoms with Crippen molar-refractivity contribution >= 4 is 22.0 Å². The van der Waals surface area contributed by atoms with Crippen LogP contribution in [0.15, 0.2) is 27.9 Å². The largest absolute Gasteiger partial charge is 0.263 e. The lowest BCUT2D eigenvalue weighted by atomic mass is 10.2. The van der Waals surface area contributed by atoms with Crippen LogP contribution in [0.25, 0.3) is 0 Å². The number of rotatable bonds is 2. The molecule has 0 aliphatic carbocycles. The average molecular weight is 227 g/mol. The first-order valence-corrected chi connectivity index (χ1v) is 4.21. The monoisotopic (exact) mass is 226 g/mol. The van der Waals surface area contributed by atoms with Gasteiger partial charge in [-0.15, -0.1) is 0 Å². The number of halogens is 1. The second kappa shape index (κ2) is 4.14. The maximum atomic E-state index is 9.95. The Balaban J connectivity index is 2.94. The van der Waals surface area contributed by atoms with Crippen LogP contribution < -0.4 is 0 Å². The Morgan fingerprint density at radius 3 is 3.00 bits per heavy atom. The van der Waals surface area contributed by atoms with Crippen LogP contribution in [0.1, 0.15) is 18.5 Å². The third kappa shape index (κ3) is 2.26. The average Bonchev–Trinajstić information content (AvgIpc) is 2.05. The fraction of sp³-hybridized carbons (Fsp3) is 0.250. The van der Waals surface area contributed by atoms with E-state index in [9.17, 15) is 4.79 Å². The van der Waals surface area contributed by atoms with Crippen molar-refractivity contribution in [2.24, 2.45) is 4.99 Å². The van der Waals surface area contributed by atoms with E-state index < -0.39 is 0 Å². The van der Waals surface area contributed by atoms with Crippen molar-refractivity contribution < 1.29 is 4.79 Å². The molecule has 62 valence electrons. The SMILES string of the molecule is CC(N=C=O)c1cncc(Br)c1. The molecule has 3 nitrogen and oxygen atoms in total. The molecule has 12 heavy (non-hydrogen) atoms. The maximum absolute atomic E-state index is 9.95. The number of isocyanates is 1. The molecule has 0 saturated carbocycles. The summed E-state index contributed by atoms with van der Waals surface area (Å²) in [7, 11) is 0. The van der Waals surface area contributed by atoms with Gasteiger partial charge < -0.3 is 0 Å². The van der Waals surface area contributed by atoms with Gasteiger partial charge >= 0.3 is 0 Å². The van der Waals surface area contributed by atoms with Gasteiger partial charge in [-0.3, -0.25) is 4.98 Å². The molecule has 0 bridgehead atoms. The Morgan fingerprint density at radius 2 is 2.42 bits per heavy atom. The number of hydrogen-bond acceptors (Lipinski definition) is 3. The van der Waals surface area contributed by atoms with Gasteiger partial charge in [0.2, 0.25) is 6.08 Å². The quantitative estimate of drug-likeness (QED) is 0.574. The molecule has 0 aliphatic heterocycles. The molecule has 0 amide bonds. The van der Waals surface area contributed by atoms with Crippen LogP contribution >= 0.6 is 15.9 Å². The van der Waals surface area contributed by atoms with Crippen molar-refractivity contribution in [2.45, 2.75) is 13.0 Å². The highest BCUT2D eigenvalue weighted by atomic mass is 79.9. The predicted octanol–water partition coefficient (Wildman–Crippen LogP) is 2.24. The van der Waals surface area contributed by atoms with Gasteiger partial charge in [-0.05, 0) is 34.5 Å². The zero-order valence-corrected chi connectivity index (χ0v) is 8.08. The lowest BCUT2D eigenvalue weighted by Crippen LogP contribution is -1.89. The molecule has 1 unspecified atom stereocenters. The molecule has 0 N–H and O–H groups in total. The fourth-order valence-corrected chi connectivity index (χ4v) is 1.19. The van der Waals surface area contributed by atoms with Gasteiger partial charge in [-0.1, -0.05) is 0 Å². The first kappa shape index (κ1) is 9.10. The fourth-order valence-electron chi connectivity index (χ4n) is 0.810. The molecule has 0 saturated heterocycles. The van der Waals surface area contributed by atoms with Gasteiger partial charge in [0.15, 0.2) is 0 Å². The first-order chi connectivity index (χ1) is 5.74. The molecule has 1 atom stereocenters. The van der Waals surface area contributed by atoms with Gasteiger partial charge in [0.1, 0.15) is 0 Å². The molecule has 4 heteroatoms. The van der Waals surface area contributed by atoms with E-state index in [4.69, 9.17) is 0 Å². The van der Waals surface area contributed by atoms with Crippen LogP contribution in [0.2, 0.25) is 0 Å². The Hall–Kier alpha value is -0.990. The topological polar surface area (TPSA) is 42.3 Å². The summed E-state index contributed by atoms with van der Waals surface area (Å²) in [4.78, 5) is 17.5. The van der Waals surface area contributed by atoms with Crippen molar-refractivity contribution in [3.63, 3.8) is 0 Å².